The number of esters is 2. The van der Waals surface area contributed by atoms with Gasteiger partial charge >= 0.3 is 11.9 Å². The van der Waals surface area contributed by atoms with Crippen molar-refractivity contribution in [1.82, 2.24) is 0 Å². The average molecular weight is 204 g/mol. The van der Waals surface area contributed by atoms with Gasteiger partial charge in [0.2, 0.25) is 0 Å². The highest BCUT2D eigenvalue weighted by atomic mass is 16.6. The number of phenols is 1. The number of hydrogen-bond donors (Lipinski definition) is 1. The minimum atomic E-state index is -0.636. The highest BCUT2D eigenvalue weighted by Crippen LogP contribution is 2.27. The Hall–Kier alpha value is -2.10. The zero-order chi connectivity index (χ0) is 11.0. The number of rotatable bonds is 1. The molecule has 1 aliphatic rings. The van der Waals surface area contributed by atoms with E-state index in [0.717, 1.165) is 0 Å². The molecule has 1 aromatic rings. The molecule has 0 saturated carbocycles. The van der Waals surface area contributed by atoms with Crippen LogP contribution in [0.25, 0.3) is 5.57 Å². The summed E-state index contributed by atoms with van der Waals surface area (Å²) in [5.41, 5.74) is 1.13. The number of benzene rings is 1. The van der Waals surface area contributed by atoms with Crippen molar-refractivity contribution in [3.05, 3.63) is 35.4 Å². The zero-order valence-electron chi connectivity index (χ0n) is 7.98. The molecule has 0 spiro atoms. The zero-order valence-corrected chi connectivity index (χ0v) is 7.98. The van der Waals surface area contributed by atoms with E-state index in [0.29, 0.717) is 11.1 Å². The molecule has 2 rings (SSSR count). The molecule has 1 heterocycles. The number of cyclic esters (lactones) is 2. The van der Waals surface area contributed by atoms with Crippen molar-refractivity contribution in [1.29, 1.82) is 0 Å². The highest BCUT2D eigenvalue weighted by molar-refractivity contribution is 6.30. The molecule has 1 N–H and O–H groups in total. The van der Waals surface area contributed by atoms with Crippen LogP contribution >= 0.6 is 0 Å². The minimum Gasteiger partial charge on any atom is -0.508 e. The third-order valence-electron chi connectivity index (χ3n) is 2.23. The topological polar surface area (TPSA) is 63.6 Å². The van der Waals surface area contributed by atoms with Gasteiger partial charge < -0.3 is 9.84 Å². The lowest BCUT2D eigenvalue weighted by Crippen LogP contribution is -2.01. The molecular weight excluding hydrogens is 196 g/mol. The first-order chi connectivity index (χ1) is 7.09. The molecule has 1 aromatic carbocycles. The predicted octanol–water partition coefficient (Wildman–Crippen LogP) is 1.25. The molecule has 0 amide bonds. The summed E-state index contributed by atoms with van der Waals surface area (Å²) in [7, 11) is 0. The van der Waals surface area contributed by atoms with Gasteiger partial charge in [0, 0.05) is 5.57 Å². The summed E-state index contributed by atoms with van der Waals surface area (Å²) in [6, 6.07) is 6.03. The number of phenolic OH excluding ortho intramolecular Hbond substituents is 1. The molecule has 0 aromatic heterocycles. The van der Waals surface area contributed by atoms with Gasteiger partial charge in [-0.3, -0.25) is 0 Å². The van der Waals surface area contributed by atoms with Crippen LogP contribution in [-0.4, -0.2) is 17.0 Å². The Morgan fingerprint density at radius 1 is 1.07 bits per heavy atom. The maximum absolute atomic E-state index is 11.3. The van der Waals surface area contributed by atoms with Gasteiger partial charge in [-0.15, -0.1) is 0 Å². The molecule has 0 saturated heterocycles. The normalized spacial score (nSPS) is 15.8. The number of hydrogen-bond acceptors (Lipinski definition) is 4. The smallest absolute Gasteiger partial charge is 0.347 e. The third kappa shape index (κ3) is 1.50. The second kappa shape index (κ2) is 3.24. The summed E-state index contributed by atoms with van der Waals surface area (Å²) in [5, 5.41) is 9.08. The van der Waals surface area contributed by atoms with E-state index in [1.54, 1.807) is 12.1 Å². The van der Waals surface area contributed by atoms with Gasteiger partial charge in [0.1, 0.15) is 5.75 Å². The van der Waals surface area contributed by atoms with E-state index in [1.807, 2.05) is 0 Å². The Morgan fingerprint density at radius 3 is 2.13 bits per heavy atom. The van der Waals surface area contributed by atoms with Crippen molar-refractivity contribution in [2.75, 3.05) is 0 Å². The van der Waals surface area contributed by atoms with E-state index < -0.39 is 11.9 Å². The number of carbonyl (C=O) groups excluding carboxylic acids is 2. The first-order valence-corrected chi connectivity index (χ1v) is 4.36. The van der Waals surface area contributed by atoms with Crippen LogP contribution in [0.3, 0.4) is 0 Å². The van der Waals surface area contributed by atoms with Crippen molar-refractivity contribution >= 4 is 17.5 Å². The van der Waals surface area contributed by atoms with Crippen LogP contribution in [-0.2, 0) is 14.3 Å². The Balaban J connectivity index is 2.51. The van der Waals surface area contributed by atoms with Gasteiger partial charge in [0.15, 0.2) is 0 Å². The fourth-order valence-electron chi connectivity index (χ4n) is 1.43. The van der Waals surface area contributed by atoms with E-state index >= 15 is 0 Å². The lowest BCUT2D eigenvalue weighted by molar-refractivity contribution is -0.150. The fraction of sp³-hybridized carbons (Fsp3) is 0.0909. The molecule has 4 heteroatoms. The number of aromatic hydroxyl groups is 1. The largest absolute Gasteiger partial charge is 0.508 e. The summed E-state index contributed by atoms with van der Waals surface area (Å²) in [5.74, 6) is -1.14. The van der Waals surface area contributed by atoms with Gasteiger partial charge in [0.25, 0.3) is 0 Å². The first-order valence-electron chi connectivity index (χ1n) is 4.36. The highest BCUT2D eigenvalue weighted by Gasteiger charge is 2.30. The number of carbonyl (C=O) groups is 2. The van der Waals surface area contributed by atoms with Crippen LogP contribution in [0.4, 0.5) is 0 Å². The Bertz CT molecular complexity index is 468. The average Bonchev–Trinajstić information content (AvgIpc) is 2.44. The summed E-state index contributed by atoms with van der Waals surface area (Å²) < 4.78 is 4.46. The van der Waals surface area contributed by atoms with Crippen LogP contribution in [0, 0.1) is 0 Å². The fourth-order valence-corrected chi connectivity index (χ4v) is 1.43. The Kier molecular flexibility index (Phi) is 2.04. The van der Waals surface area contributed by atoms with E-state index in [-0.39, 0.29) is 11.3 Å². The standard InChI is InChI=1S/C11H8O4/c1-6-9(11(14)15-10(6)13)7-2-4-8(12)5-3-7/h2-5,12H,1H3. The van der Waals surface area contributed by atoms with E-state index in [2.05, 4.69) is 4.74 Å². The quantitative estimate of drug-likeness (QED) is 0.552. The Morgan fingerprint density at radius 2 is 1.67 bits per heavy atom. The lowest BCUT2D eigenvalue weighted by atomic mass is 10.0. The SMILES string of the molecule is CC1=C(c2ccc(O)cc2)C(=O)OC1=O. The first kappa shape index (κ1) is 9.45. The van der Waals surface area contributed by atoms with Gasteiger partial charge in [-0.2, -0.15) is 0 Å². The summed E-state index contributed by atoms with van der Waals surface area (Å²) >= 11 is 0. The molecule has 1 aliphatic heterocycles. The summed E-state index contributed by atoms with van der Waals surface area (Å²) in [6.07, 6.45) is 0. The van der Waals surface area contributed by atoms with Crippen molar-refractivity contribution in [2.45, 2.75) is 6.92 Å². The minimum absolute atomic E-state index is 0.106. The number of ether oxygens (including phenoxy) is 1. The monoisotopic (exact) mass is 204 g/mol. The molecule has 15 heavy (non-hydrogen) atoms. The maximum Gasteiger partial charge on any atom is 0.347 e. The molecule has 76 valence electrons. The molecular formula is C11H8O4. The predicted molar refractivity (Wildman–Crippen MR) is 51.8 cm³/mol. The Labute approximate surface area is 85.8 Å². The summed E-state index contributed by atoms with van der Waals surface area (Å²) in [6.45, 7) is 1.54. The van der Waals surface area contributed by atoms with Crippen molar-refractivity contribution in [2.24, 2.45) is 0 Å². The van der Waals surface area contributed by atoms with Crippen LogP contribution in [0.2, 0.25) is 0 Å². The maximum atomic E-state index is 11.3. The van der Waals surface area contributed by atoms with Gasteiger partial charge in [-0.05, 0) is 24.6 Å². The molecule has 0 atom stereocenters. The van der Waals surface area contributed by atoms with Crippen molar-refractivity contribution in [3.8, 4) is 5.75 Å². The van der Waals surface area contributed by atoms with Crippen molar-refractivity contribution < 1.29 is 19.4 Å². The molecule has 4 nitrogen and oxygen atoms in total. The molecule has 0 aliphatic carbocycles. The van der Waals surface area contributed by atoms with E-state index in [9.17, 15) is 9.59 Å². The third-order valence-corrected chi connectivity index (χ3v) is 2.23. The van der Waals surface area contributed by atoms with E-state index in [4.69, 9.17) is 5.11 Å². The molecule has 0 fully saturated rings. The lowest BCUT2D eigenvalue weighted by Gasteiger charge is -1.99. The van der Waals surface area contributed by atoms with Crippen LogP contribution in [0.5, 0.6) is 5.75 Å². The second-order valence-corrected chi connectivity index (χ2v) is 3.22. The van der Waals surface area contributed by atoms with E-state index in [1.165, 1.54) is 19.1 Å². The van der Waals surface area contributed by atoms with Gasteiger partial charge in [-0.1, -0.05) is 12.1 Å². The molecule has 0 bridgehead atoms. The van der Waals surface area contributed by atoms with Crippen LogP contribution < -0.4 is 0 Å². The van der Waals surface area contributed by atoms with Crippen LogP contribution in [0.1, 0.15) is 12.5 Å². The molecule has 0 unspecified atom stereocenters. The molecule has 0 radical (unpaired) electrons. The summed E-state index contributed by atoms with van der Waals surface area (Å²) in [4.78, 5) is 22.4. The second-order valence-electron chi connectivity index (χ2n) is 3.22. The van der Waals surface area contributed by atoms with Gasteiger partial charge in [-0.25, -0.2) is 9.59 Å². The van der Waals surface area contributed by atoms with Crippen molar-refractivity contribution in [3.63, 3.8) is 0 Å². The van der Waals surface area contributed by atoms with Crippen LogP contribution in [0.15, 0.2) is 29.8 Å². The van der Waals surface area contributed by atoms with Gasteiger partial charge in [0.05, 0.1) is 5.57 Å².